The SMILES string of the molecule is CCCCC(CCO)C(C)(C(=O)O)N(N)c1ccc2ccccc2n1. The second-order valence-corrected chi connectivity index (χ2v) is 6.54. The molecule has 0 aliphatic carbocycles. The van der Waals surface area contributed by atoms with E-state index in [0.717, 1.165) is 23.7 Å². The van der Waals surface area contributed by atoms with Gasteiger partial charge in [-0.05, 0) is 43.9 Å². The van der Waals surface area contributed by atoms with Gasteiger partial charge in [0.25, 0.3) is 0 Å². The van der Waals surface area contributed by atoms with Crippen LogP contribution in [0.4, 0.5) is 5.82 Å². The highest BCUT2D eigenvalue weighted by Crippen LogP contribution is 2.33. The van der Waals surface area contributed by atoms with Crippen molar-refractivity contribution in [2.75, 3.05) is 11.6 Å². The molecule has 1 aromatic heterocycles. The molecule has 6 nitrogen and oxygen atoms in total. The van der Waals surface area contributed by atoms with Gasteiger partial charge >= 0.3 is 5.97 Å². The number of aliphatic hydroxyl groups excluding tert-OH is 1. The summed E-state index contributed by atoms with van der Waals surface area (Å²) in [7, 11) is 0. The molecule has 1 heterocycles. The van der Waals surface area contributed by atoms with Crippen LogP contribution in [0.15, 0.2) is 36.4 Å². The van der Waals surface area contributed by atoms with E-state index in [1.165, 1.54) is 5.01 Å². The van der Waals surface area contributed by atoms with Crippen molar-refractivity contribution in [3.63, 3.8) is 0 Å². The van der Waals surface area contributed by atoms with Gasteiger partial charge in [-0.15, -0.1) is 0 Å². The summed E-state index contributed by atoms with van der Waals surface area (Å²) in [6, 6.07) is 11.2. The molecular weight excluding hydrogens is 318 g/mol. The summed E-state index contributed by atoms with van der Waals surface area (Å²) in [6.45, 7) is 3.59. The van der Waals surface area contributed by atoms with Crippen LogP contribution in [0.2, 0.25) is 0 Å². The summed E-state index contributed by atoms with van der Waals surface area (Å²) in [5.74, 6) is 5.38. The molecule has 2 rings (SSSR count). The molecule has 4 N–H and O–H groups in total. The topological polar surface area (TPSA) is 99.7 Å². The van der Waals surface area contributed by atoms with Crippen molar-refractivity contribution >= 4 is 22.7 Å². The van der Waals surface area contributed by atoms with Crippen LogP contribution >= 0.6 is 0 Å². The zero-order valence-corrected chi connectivity index (χ0v) is 14.9. The molecule has 0 fully saturated rings. The number of rotatable bonds is 9. The minimum Gasteiger partial charge on any atom is -0.479 e. The Labute approximate surface area is 148 Å². The first kappa shape index (κ1) is 19.1. The number of nitrogens with two attached hydrogens (primary N) is 1. The van der Waals surface area contributed by atoms with E-state index >= 15 is 0 Å². The van der Waals surface area contributed by atoms with E-state index in [4.69, 9.17) is 5.84 Å². The molecule has 136 valence electrons. The molecule has 6 heteroatoms. The number of anilines is 1. The van der Waals surface area contributed by atoms with Crippen molar-refractivity contribution in [3.05, 3.63) is 36.4 Å². The third-order valence-corrected chi connectivity index (χ3v) is 4.94. The highest BCUT2D eigenvalue weighted by molar-refractivity contribution is 5.85. The number of pyridine rings is 1. The normalized spacial score (nSPS) is 14.9. The van der Waals surface area contributed by atoms with Crippen LogP contribution in [0.25, 0.3) is 10.9 Å². The van der Waals surface area contributed by atoms with Crippen molar-refractivity contribution in [1.29, 1.82) is 0 Å². The molecule has 0 saturated heterocycles. The molecule has 0 aliphatic heterocycles. The van der Waals surface area contributed by atoms with Crippen LogP contribution in [0.5, 0.6) is 0 Å². The van der Waals surface area contributed by atoms with Crippen LogP contribution in [0, 0.1) is 5.92 Å². The van der Waals surface area contributed by atoms with Gasteiger partial charge in [0.15, 0.2) is 5.54 Å². The zero-order chi connectivity index (χ0) is 18.4. The number of carboxylic acid groups (broad SMARTS) is 1. The first-order chi connectivity index (χ1) is 11.9. The Hall–Kier alpha value is -2.18. The molecule has 0 bridgehead atoms. The molecule has 25 heavy (non-hydrogen) atoms. The maximum Gasteiger partial charge on any atom is 0.331 e. The van der Waals surface area contributed by atoms with Gasteiger partial charge in [0.05, 0.1) is 5.52 Å². The van der Waals surface area contributed by atoms with Crippen LogP contribution in [0.1, 0.15) is 39.5 Å². The second kappa shape index (κ2) is 8.27. The number of unbranched alkanes of at least 4 members (excludes halogenated alkanes) is 1. The number of hydrogen-bond acceptors (Lipinski definition) is 5. The summed E-state index contributed by atoms with van der Waals surface area (Å²) in [5.41, 5.74) is -0.594. The molecule has 2 atom stereocenters. The molecule has 0 amide bonds. The van der Waals surface area contributed by atoms with Gasteiger partial charge in [-0.1, -0.05) is 38.0 Å². The molecule has 0 saturated carbocycles. The Kier molecular flexibility index (Phi) is 6.33. The number of benzene rings is 1. The fraction of sp³-hybridized carbons (Fsp3) is 0.474. The number of aliphatic hydroxyl groups is 1. The zero-order valence-electron chi connectivity index (χ0n) is 14.9. The van der Waals surface area contributed by atoms with E-state index < -0.39 is 11.5 Å². The van der Waals surface area contributed by atoms with Crippen molar-refractivity contribution in [3.8, 4) is 0 Å². The predicted octanol–water partition coefficient (Wildman–Crippen LogP) is 2.95. The predicted molar refractivity (Wildman–Crippen MR) is 99.2 cm³/mol. The lowest BCUT2D eigenvalue weighted by Crippen LogP contribution is -2.61. The monoisotopic (exact) mass is 345 g/mol. The fourth-order valence-corrected chi connectivity index (χ4v) is 3.21. The maximum absolute atomic E-state index is 12.1. The summed E-state index contributed by atoms with van der Waals surface area (Å²) in [5, 5.41) is 21.6. The highest BCUT2D eigenvalue weighted by Gasteiger charge is 2.46. The Morgan fingerprint density at radius 1 is 1.28 bits per heavy atom. The Balaban J connectivity index is 2.42. The number of aliphatic carboxylic acids is 1. The third kappa shape index (κ3) is 3.91. The molecule has 0 radical (unpaired) electrons. The fourth-order valence-electron chi connectivity index (χ4n) is 3.21. The largest absolute Gasteiger partial charge is 0.479 e. The summed E-state index contributed by atoms with van der Waals surface area (Å²) in [4.78, 5) is 16.7. The van der Waals surface area contributed by atoms with E-state index in [-0.39, 0.29) is 12.5 Å². The number of para-hydroxylation sites is 1. The number of hydrogen-bond donors (Lipinski definition) is 3. The van der Waals surface area contributed by atoms with Crippen molar-refractivity contribution in [2.45, 2.75) is 45.1 Å². The van der Waals surface area contributed by atoms with Gasteiger partial charge < -0.3 is 10.2 Å². The summed E-state index contributed by atoms with van der Waals surface area (Å²) in [6.07, 6.45) is 2.90. The first-order valence-electron chi connectivity index (χ1n) is 8.70. The molecule has 2 aromatic rings. The van der Waals surface area contributed by atoms with Gasteiger partial charge in [0.2, 0.25) is 0 Å². The Morgan fingerprint density at radius 3 is 2.64 bits per heavy atom. The molecule has 2 unspecified atom stereocenters. The van der Waals surface area contributed by atoms with Crippen molar-refractivity contribution < 1.29 is 15.0 Å². The van der Waals surface area contributed by atoms with Crippen molar-refractivity contribution in [1.82, 2.24) is 4.98 Å². The van der Waals surface area contributed by atoms with E-state index in [1.54, 1.807) is 13.0 Å². The van der Waals surface area contributed by atoms with E-state index in [0.29, 0.717) is 18.7 Å². The first-order valence-corrected chi connectivity index (χ1v) is 8.70. The van der Waals surface area contributed by atoms with Crippen molar-refractivity contribution in [2.24, 2.45) is 11.8 Å². The maximum atomic E-state index is 12.1. The smallest absolute Gasteiger partial charge is 0.331 e. The standard InChI is InChI=1S/C19H27N3O3/c1-3-4-8-15(12-13-23)19(2,18(24)25)22(20)17-11-10-14-7-5-6-9-16(14)21-17/h5-7,9-11,15,23H,3-4,8,12-13,20H2,1-2H3,(H,24,25). The average Bonchev–Trinajstić information content (AvgIpc) is 2.63. The second-order valence-electron chi connectivity index (χ2n) is 6.54. The molecule has 0 spiro atoms. The Bertz CT molecular complexity index is 722. The number of fused-ring (bicyclic) bond motifs is 1. The van der Waals surface area contributed by atoms with Gasteiger partial charge in [0, 0.05) is 12.0 Å². The summed E-state index contributed by atoms with van der Waals surface area (Å²) >= 11 is 0. The van der Waals surface area contributed by atoms with Crippen LogP contribution in [0.3, 0.4) is 0 Å². The minimum absolute atomic E-state index is 0.0732. The molecule has 0 aliphatic rings. The number of nitrogens with zero attached hydrogens (tertiary/aromatic N) is 2. The van der Waals surface area contributed by atoms with E-state index in [2.05, 4.69) is 11.9 Å². The van der Waals surface area contributed by atoms with Crippen LogP contribution < -0.4 is 10.9 Å². The van der Waals surface area contributed by atoms with Gasteiger partial charge in [-0.25, -0.2) is 15.6 Å². The third-order valence-electron chi connectivity index (χ3n) is 4.94. The number of hydrazine groups is 1. The van der Waals surface area contributed by atoms with E-state index in [9.17, 15) is 15.0 Å². The number of aromatic nitrogens is 1. The lowest BCUT2D eigenvalue weighted by molar-refractivity contribution is -0.145. The van der Waals surface area contributed by atoms with E-state index in [1.807, 2.05) is 30.3 Å². The van der Waals surface area contributed by atoms with Gasteiger partial charge in [-0.2, -0.15) is 0 Å². The van der Waals surface area contributed by atoms with Crippen LogP contribution in [-0.4, -0.2) is 33.3 Å². The van der Waals surface area contributed by atoms with Gasteiger partial charge in [0.1, 0.15) is 5.82 Å². The van der Waals surface area contributed by atoms with Gasteiger partial charge in [-0.3, -0.25) is 5.01 Å². The lowest BCUT2D eigenvalue weighted by Gasteiger charge is -2.41. The molecule has 1 aromatic carbocycles. The highest BCUT2D eigenvalue weighted by atomic mass is 16.4. The number of carbonyl (C=O) groups is 1. The molecular formula is C19H27N3O3. The minimum atomic E-state index is -1.35. The van der Waals surface area contributed by atoms with Crippen LogP contribution in [-0.2, 0) is 4.79 Å². The summed E-state index contributed by atoms with van der Waals surface area (Å²) < 4.78 is 0. The lowest BCUT2D eigenvalue weighted by atomic mass is 9.79. The Morgan fingerprint density at radius 2 is 2.00 bits per heavy atom. The number of carboxylic acids is 1. The quantitative estimate of drug-likeness (QED) is 0.477. The average molecular weight is 345 g/mol.